The summed E-state index contributed by atoms with van der Waals surface area (Å²) in [5.74, 6) is 2.26. The van der Waals surface area contributed by atoms with Crippen LogP contribution in [0.3, 0.4) is 0 Å². The highest BCUT2D eigenvalue weighted by Crippen LogP contribution is 2.33. The van der Waals surface area contributed by atoms with Crippen molar-refractivity contribution >= 4 is 44.4 Å². The number of hydrogen-bond acceptors (Lipinski definition) is 5. The maximum Gasteiger partial charge on any atom is 0.153 e. The Morgan fingerprint density at radius 2 is 1.48 bits per heavy atom. The average molecular weight is 609 g/mol. The molecule has 5 nitrogen and oxygen atoms in total. The van der Waals surface area contributed by atoms with Crippen molar-refractivity contribution in [1.29, 1.82) is 0 Å². The Bertz CT molecular complexity index is 930. The predicted molar refractivity (Wildman–Crippen MR) is 144 cm³/mol. The van der Waals surface area contributed by atoms with Gasteiger partial charge in [0.2, 0.25) is 0 Å². The fourth-order valence-corrected chi connectivity index (χ4v) is 5.67. The van der Waals surface area contributed by atoms with E-state index in [-0.39, 0.29) is 23.5 Å². The van der Waals surface area contributed by atoms with E-state index in [9.17, 15) is 8.42 Å². The Labute approximate surface area is 217 Å². The second-order valence-corrected chi connectivity index (χ2v) is 11.7. The maximum absolute atomic E-state index is 12.2. The lowest BCUT2D eigenvalue weighted by Gasteiger charge is -2.26. The van der Waals surface area contributed by atoms with Crippen LogP contribution in [0.1, 0.15) is 51.2 Å². The van der Waals surface area contributed by atoms with Gasteiger partial charge in [-0.25, -0.2) is 8.42 Å². The Balaban J connectivity index is 1.97. The molecule has 1 atom stereocenters. The van der Waals surface area contributed by atoms with Gasteiger partial charge in [-0.15, -0.1) is 11.6 Å². The van der Waals surface area contributed by atoms with Crippen molar-refractivity contribution in [3.05, 3.63) is 59.7 Å². The minimum Gasteiger partial charge on any atom is -0.494 e. The molecule has 0 aliphatic heterocycles. The van der Waals surface area contributed by atoms with Gasteiger partial charge in [0.15, 0.2) is 9.84 Å². The van der Waals surface area contributed by atoms with Crippen LogP contribution in [0.25, 0.3) is 0 Å². The molecule has 33 heavy (non-hydrogen) atoms. The molecule has 0 heterocycles. The van der Waals surface area contributed by atoms with E-state index >= 15 is 0 Å². The van der Waals surface area contributed by atoms with Gasteiger partial charge in [-0.2, -0.15) is 0 Å². The molecule has 0 bridgehead atoms. The van der Waals surface area contributed by atoms with Crippen LogP contribution in [0, 0.1) is 0 Å². The van der Waals surface area contributed by atoms with Gasteiger partial charge in [0, 0.05) is 11.3 Å². The SMILES string of the molecule is CCCCS(=O)(=O)C[C@@H](COc1ccc(C(C)(C)c2ccc(OCCCCl)cc2)cc1)OI. The Morgan fingerprint density at radius 3 is 1.97 bits per heavy atom. The van der Waals surface area contributed by atoms with Crippen LogP contribution in [0.5, 0.6) is 11.5 Å². The average Bonchev–Trinajstić information content (AvgIpc) is 2.81. The second-order valence-electron chi connectivity index (χ2n) is 8.55. The van der Waals surface area contributed by atoms with Gasteiger partial charge < -0.3 is 12.5 Å². The molecule has 8 heteroatoms. The number of alkyl halides is 1. The van der Waals surface area contributed by atoms with Gasteiger partial charge in [0.1, 0.15) is 47.2 Å². The molecule has 0 fully saturated rings. The Kier molecular flexibility index (Phi) is 11.8. The lowest BCUT2D eigenvalue weighted by molar-refractivity contribution is 0.188. The van der Waals surface area contributed by atoms with Crippen molar-refractivity contribution in [2.24, 2.45) is 0 Å². The lowest BCUT2D eigenvalue weighted by atomic mass is 9.78. The summed E-state index contributed by atoms with van der Waals surface area (Å²) in [6.07, 6.45) is 1.83. The number of ether oxygens (including phenoxy) is 2. The van der Waals surface area contributed by atoms with Crippen LogP contribution in [0.4, 0.5) is 0 Å². The van der Waals surface area contributed by atoms with Gasteiger partial charge in [0.25, 0.3) is 0 Å². The van der Waals surface area contributed by atoms with Gasteiger partial charge in [0.05, 0.1) is 18.1 Å². The molecule has 0 aromatic heterocycles. The van der Waals surface area contributed by atoms with E-state index in [1.807, 2.05) is 43.3 Å². The van der Waals surface area contributed by atoms with Gasteiger partial charge in [-0.3, -0.25) is 0 Å². The number of hydrogen-bond donors (Lipinski definition) is 0. The Hall–Kier alpha value is -1.03. The zero-order valence-corrected chi connectivity index (χ0v) is 23.3. The highest BCUT2D eigenvalue weighted by molar-refractivity contribution is 14.1. The molecule has 0 spiro atoms. The van der Waals surface area contributed by atoms with E-state index in [4.69, 9.17) is 24.1 Å². The molecule has 0 unspecified atom stereocenters. The summed E-state index contributed by atoms with van der Waals surface area (Å²) >= 11 is 7.44. The van der Waals surface area contributed by atoms with E-state index in [0.29, 0.717) is 24.7 Å². The van der Waals surface area contributed by atoms with Gasteiger partial charge >= 0.3 is 0 Å². The van der Waals surface area contributed by atoms with E-state index in [0.717, 1.165) is 24.2 Å². The molecule has 0 amide bonds. The first-order chi connectivity index (χ1) is 15.7. The molecule has 2 aromatic rings. The molecule has 0 aliphatic carbocycles. The van der Waals surface area contributed by atoms with Gasteiger partial charge in [-0.1, -0.05) is 51.5 Å². The van der Waals surface area contributed by atoms with E-state index in [2.05, 4.69) is 26.0 Å². The third-order valence-corrected chi connectivity index (χ3v) is 8.29. The summed E-state index contributed by atoms with van der Waals surface area (Å²) < 4.78 is 41.2. The summed E-state index contributed by atoms with van der Waals surface area (Å²) in [6, 6.07) is 16.1. The number of halogens is 2. The quantitative estimate of drug-likeness (QED) is 0.134. The molecule has 0 aliphatic rings. The summed E-state index contributed by atoms with van der Waals surface area (Å²) in [5.41, 5.74) is 2.13. The Morgan fingerprint density at radius 1 is 0.939 bits per heavy atom. The third kappa shape index (κ3) is 9.26. The number of sulfone groups is 1. The first-order valence-electron chi connectivity index (χ1n) is 11.2. The predicted octanol–water partition coefficient (Wildman–Crippen LogP) is 6.35. The molecule has 2 rings (SSSR count). The minimum atomic E-state index is -3.15. The zero-order valence-electron chi connectivity index (χ0n) is 19.6. The molecule has 0 saturated heterocycles. The monoisotopic (exact) mass is 608 g/mol. The first kappa shape index (κ1) is 28.2. The summed E-state index contributed by atoms with van der Waals surface area (Å²) in [4.78, 5) is 0. The highest BCUT2D eigenvalue weighted by atomic mass is 127. The van der Waals surface area contributed by atoms with E-state index < -0.39 is 15.9 Å². The molecular weight excluding hydrogens is 575 g/mol. The molecule has 184 valence electrons. The van der Waals surface area contributed by atoms with Crippen molar-refractivity contribution in [1.82, 2.24) is 0 Å². The fourth-order valence-electron chi connectivity index (χ4n) is 3.37. The highest BCUT2D eigenvalue weighted by Gasteiger charge is 2.24. The van der Waals surface area contributed by atoms with E-state index in [1.165, 1.54) is 5.56 Å². The number of unbranched alkanes of at least 4 members (excludes halogenated alkanes) is 1. The van der Waals surface area contributed by atoms with Crippen LogP contribution in [-0.4, -0.2) is 45.1 Å². The van der Waals surface area contributed by atoms with Crippen molar-refractivity contribution in [2.75, 3.05) is 30.6 Å². The molecule has 0 saturated carbocycles. The van der Waals surface area contributed by atoms with Crippen LogP contribution in [0.2, 0.25) is 0 Å². The number of benzene rings is 2. The fraction of sp³-hybridized carbons (Fsp3) is 0.520. The van der Waals surface area contributed by atoms with Crippen molar-refractivity contribution in [3.8, 4) is 11.5 Å². The normalized spacial score (nSPS) is 13.0. The summed E-state index contributed by atoms with van der Waals surface area (Å²) in [5, 5.41) is 0. The third-order valence-electron chi connectivity index (χ3n) is 5.51. The van der Waals surface area contributed by atoms with E-state index in [1.54, 1.807) is 23.0 Å². The minimum absolute atomic E-state index is 0.0351. The smallest absolute Gasteiger partial charge is 0.153 e. The topological polar surface area (TPSA) is 61.8 Å². The van der Waals surface area contributed by atoms with Crippen molar-refractivity contribution in [3.63, 3.8) is 0 Å². The van der Waals surface area contributed by atoms with Crippen LogP contribution in [-0.2, 0) is 18.3 Å². The largest absolute Gasteiger partial charge is 0.494 e. The summed E-state index contributed by atoms with van der Waals surface area (Å²) in [6.45, 7) is 7.12. The van der Waals surface area contributed by atoms with Crippen molar-refractivity contribution < 1.29 is 21.0 Å². The maximum atomic E-state index is 12.2. The standard InChI is InChI=1S/C25H34ClIO5S/c1-4-5-17-33(28,29)19-24(32-27)18-31-23-13-9-21(10-14-23)25(2,3)20-7-11-22(12-8-20)30-16-6-15-26/h7-14,24H,4-6,15-19H2,1-3H3/t24-/m1/s1. The van der Waals surface area contributed by atoms with Gasteiger partial charge in [-0.05, 0) is 48.2 Å². The van der Waals surface area contributed by atoms with Crippen molar-refractivity contribution in [2.45, 2.75) is 51.6 Å². The molecule has 2 aromatic carbocycles. The van der Waals surface area contributed by atoms with Crippen LogP contribution < -0.4 is 9.47 Å². The van der Waals surface area contributed by atoms with Crippen LogP contribution >= 0.6 is 34.6 Å². The molecule has 0 radical (unpaired) electrons. The zero-order chi connectivity index (χ0) is 24.3. The summed E-state index contributed by atoms with van der Waals surface area (Å²) in [7, 11) is -3.15. The first-order valence-corrected chi connectivity index (χ1v) is 14.5. The van der Waals surface area contributed by atoms with Crippen LogP contribution in [0.15, 0.2) is 48.5 Å². The lowest BCUT2D eigenvalue weighted by Crippen LogP contribution is -2.29. The molecular formula is C25H34ClIO5S. The molecule has 0 N–H and O–H groups in total. The second kappa shape index (κ2) is 13.8. The number of rotatable bonds is 15.